The van der Waals surface area contributed by atoms with Crippen molar-refractivity contribution >= 4 is 29.5 Å². The number of nitrogens with zero attached hydrogens (tertiary/aromatic N) is 1. The summed E-state index contributed by atoms with van der Waals surface area (Å²) in [6, 6.07) is 3.53. The molecule has 7 heteroatoms. The van der Waals surface area contributed by atoms with Crippen LogP contribution in [-0.4, -0.2) is 43.1 Å². The molecule has 0 aromatic heterocycles. The fraction of sp³-hybridized carbons (Fsp3) is 0.474. The first-order chi connectivity index (χ1) is 12.6. The molecule has 0 saturated carbocycles. The van der Waals surface area contributed by atoms with Gasteiger partial charge in [0.15, 0.2) is 11.5 Å². The summed E-state index contributed by atoms with van der Waals surface area (Å²) in [4.78, 5) is 26.2. The Morgan fingerprint density at radius 3 is 2.81 bits per heavy atom. The summed E-state index contributed by atoms with van der Waals surface area (Å²) < 4.78 is 10.6. The van der Waals surface area contributed by atoms with Crippen molar-refractivity contribution < 1.29 is 19.1 Å². The number of carbonyl (C=O) groups is 2. The van der Waals surface area contributed by atoms with E-state index in [4.69, 9.17) is 21.1 Å². The number of halogens is 1. The quantitative estimate of drug-likeness (QED) is 0.800. The highest BCUT2D eigenvalue weighted by Gasteiger charge is 2.26. The van der Waals surface area contributed by atoms with Crippen molar-refractivity contribution in [3.8, 4) is 11.5 Å². The van der Waals surface area contributed by atoms with Crippen molar-refractivity contribution in [2.24, 2.45) is 5.92 Å². The summed E-state index contributed by atoms with van der Waals surface area (Å²) >= 11 is 6.15. The van der Waals surface area contributed by atoms with Crippen molar-refractivity contribution in [3.63, 3.8) is 0 Å². The van der Waals surface area contributed by atoms with E-state index < -0.39 is 0 Å². The number of nitrogens with one attached hydrogen (secondary N) is 1. The largest absolute Gasteiger partial charge is 0.454 e. The van der Waals surface area contributed by atoms with Gasteiger partial charge in [0.1, 0.15) is 0 Å². The van der Waals surface area contributed by atoms with E-state index in [0.717, 1.165) is 12.0 Å². The predicted molar refractivity (Wildman–Crippen MR) is 99.2 cm³/mol. The van der Waals surface area contributed by atoms with Crippen molar-refractivity contribution in [2.75, 3.05) is 26.4 Å². The highest BCUT2D eigenvalue weighted by Crippen LogP contribution is 2.40. The molecular formula is C19H23ClN2O4. The Bertz CT molecular complexity index is 712. The number of hydrogen-bond donors (Lipinski definition) is 1. The summed E-state index contributed by atoms with van der Waals surface area (Å²) in [5.74, 6) is 1.17. The average Bonchev–Trinajstić information content (AvgIpc) is 3.13. The fourth-order valence-corrected chi connectivity index (χ4v) is 3.38. The molecule has 1 N–H and O–H groups in total. The monoisotopic (exact) mass is 378 g/mol. The van der Waals surface area contributed by atoms with Crippen LogP contribution < -0.4 is 14.8 Å². The minimum Gasteiger partial charge on any atom is -0.454 e. The van der Waals surface area contributed by atoms with Gasteiger partial charge >= 0.3 is 0 Å². The topological polar surface area (TPSA) is 67.9 Å². The Hall–Kier alpha value is -2.21. The van der Waals surface area contributed by atoms with Gasteiger partial charge in [-0.3, -0.25) is 9.59 Å². The van der Waals surface area contributed by atoms with Crippen molar-refractivity contribution in [3.05, 3.63) is 28.8 Å². The van der Waals surface area contributed by atoms with Crippen LogP contribution in [0.15, 0.2) is 18.2 Å². The molecular weight excluding hydrogens is 356 g/mol. The van der Waals surface area contributed by atoms with E-state index in [0.29, 0.717) is 49.0 Å². The van der Waals surface area contributed by atoms with Gasteiger partial charge in [0.25, 0.3) is 0 Å². The van der Waals surface area contributed by atoms with Crippen LogP contribution >= 0.6 is 11.6 Å². The number of piperidine rings is 1. The van der Waals surface area contributed by atoms with E-state index in [9.17, 15) is 9.59 Å². The summed E-state index contributed by atoms with van der Waals surface area (Å²) in [7, 11) is 0. The molecule has 0 unspecified atom stereocenters. The average molecular weight is 379 g/mol. The predicted octanol–water partition coefficient (Wildman–Crippen LogP) is 2.85. The molecule has 3 rings (SSSR count). The third-order valence-electron chi connectivity index (χ3n) is 4.59. The van der Waals surface area contributed by atoms with Crippen LogP contribution in [0.5, 0.6) is 11.5 Å². The smallest absolute Gasteiger partial charge is 0.246 e. The third kappa shape index (κ3) is 4.30. The van der Waals surface area contributed by atoms with E-state index in [-0.39, 0.29) is 24.5 Å². The molecule has 26 heavy (non-hydrogen) atoms. The maximum Gasteiger partial charge on any atom is 0.246 e. The van der Waals surface area contributed by atoms with E-state index in [1.807, 2.05) is 6.92 Å². The van der Waals surface area contributed by atoms with Crippen LogP contribution in [0, 0.1) is 5.92 Å². The van der Waals surface area contributed by atoms with Crippen LogP contribution in [0.1, 0.15) is 31.7 Å². The van der Waals surface area contributed by atoms with Gasteiger partial charge in [-0.25, -0.2) is 0 Å². The maximum absolute atomic E-state index is 12.4. The lowest BCUT2D eigenvalue weighted by Gasteiger charge is -2.30. The molecule has 1 saturated heterocycles. The van der Waals surface area contributed by atoms with Gasteiger partial charge in [-0.05, 0) is 43.0 Å². The van der Waals surface area contributed by atoms with E-state index >= 15 is 0 Å². The second-order valence-corrected chi connectivity index (χ2v) is 6.87. The Morgan fingerprint density at radius 1 is 1.31 bits per heavy atom. The summed E-state index contributed by atoms with van der Waals surface area (Å²) in [5.41, 5.74) is 0.779. The van der Waals surface area contributed by atoms with Crippen LogP contribution in [0.4, 0.5) is 0 Å². The minimum absolute atomic E-state index is 0.00208. The highest BCUT2D eigenvalue weighted by atomic mass is 35.5. The molecule has 2 heterocycles. The van der Waals surface area contributed by atoms with Gasteiger partial charge in [-0.2, -0.15) is 0 Å². The molecule has 1 fully saturated rings. The van der Waals surface area contributed by atoms with E-state index in [2.05, 4.69) is 5.32 Å². The number of benzene rings is 1. The second kappa shape index (κ2) is 8.45. The van der Waals surface area contributed by atoms with Crippen LogP contribution in [0.2, 0.25) is 5.02 Å². The van der Waals surface area contributed by atoms with E-state index in [1.54, 1.807) is 23.1 Å². The number of carbonyl (C=O) groups excluding carboxylic acids is 2. The van der Waals surface area contributed by atoms with Crippen molar-refractivity contribution in [1.29, 1.82) is 0 Å². The lowest BCUT2D eigenvalue weighted by atomic mass is 9.96. The standard InChI is InChI=1S/C19H23ClN2O4/c1-2-7-21-19(24)14-5-8-22(9-6-14)17(23)4-3-13-10-15(20)18-16(11-13)25-12-26-18/h3-4,10-11,14H,2,5-9,12H2,1H3,(H,21,24)/b4-3+. The number of fused-ring (bicyclic) bond motifs is 1. The van der Waals surface area contributed by atoms with Gasteiger partial charge in [-0.15, -0.1) is 0 Å². The zero-order chi connectivity index (χ0) is 18.5. The molecule has 140 valence electrons. The van der Waals surface area contributed by atoms with Gasteiger partial charge in [0.2, 0.25) is 18.6 Å². The van der Waals surface area contributed by atoms with Gasteiger partial charge < -0.3 is 19.7 Å². The van der Waals surface area contributed by atoms with Crippen LogP contribution in [0.25, 0.3) is 6.08 Å². The Morgan fingerprint density at radius 2 is 2.08 bits per heavy atom. The fourth-order valence-electron chi connectivity index (χ4n) is 3.11. The molecule has 0 bridgehead atoms. The van der Waals surface area contributed by atoms with Gasteiger partial charge in [0, 0.05) is 31.6 Å². The summed E-state index contributed by atoms with van der Waals surface area (Å²) in [5, 5.41) is 3.39. The molecule has 0 aliphatic carbocycles. The molecule has 2 amide bonds. The first-order valence-corrected chi connectivity index (χ1v) is 9.30. The number of ether oxygens (including phenoxy) is 2. The lowest BCUT2D eigenvalue weighted by molar-refractivity contribution is -0.132. The number of rotatable bonds is 5. The normalized spacial score (nSPS) is 16.9. The molecule has 0 atom stereocenters. The number of likely N-dealkylation sites (tertiary alicyclic amines) is 1. The molecule has 1 aromatic carbocycles. The van der Waals surface area contributed by atoms with E-state index in [1.165, 1.54) is 6.08 Å². The zero-order valence-electron chi connectivity index (χ0n) is 14.8. The summed E-state index contributed by atoms with van der Waals surface area (Å²) in [6.07, 6.45) is 5.58. The Labute approximate surface area is 158 Å². The molecule has 2 aliphatic heterocycles. The molecule has 2 aliphatic rings. The van der Waals surface area contributed by atoms with Crippen molar-refractivity contribution in [2.45, 2.75) is 26.2 Å². The number of hydrogen-bond acceptors (Lipinski definition) is 4. The van der Waals surface area contributed by atoms with Crippen LogP contribution in [0.3, 0.4) is 0 Å². The third-order valence-corrected chi connectivity index (χ3v) is 4.88. The highest BCUT2D eigenvalue weighted by molar-refractivity contribution is 6.32. The second-order valence-electron chi connectivity index (χ2n) is 6.46. The SMILES string of the molecule is CCCNC(=O)C1CCN(C(=O)/C=C/c2cc(Cl)c3c(c2)OCO3)CC1. The van der Waals surface area contributed by atoms with Gasteiger partial charge in [-0.1, -0.05) is 18.5 Å². The zero-order valence-corrected chi connectivity index (χ0v) is 15.6. The maximum atomic E-state index is 12.4. The first-order valence-electron chi connectivity index (χ1n) is 8.92. The van der Waals surface area contributed by atoms with Crippen molar-refractivity contribution in [1.82, 2.24) is 10.2 Å². The minimum atomic E-state index is -0.0637. The lowest BCUT2D eigenvalue weighted by Crippen LogP contribution is -2.42. The number of amides is 2. The van der Waals surface area contributed by atoms with Crippen LogP contribution in [-0.2, 0) is 9.59 Å². The molecule has 0 spiro atoms. The first kappa shape index (κ1) is 18.6. The Balaban J connectivity index is 1.54. The molecule has 6 nitrogen and oxygen atoms in total. The van der Waals surface area contributed by atoms with Gasteiger partial charge in [0.05, 0.1) is 5.02 Å². The Kier molecular flexibility index (Phi) is 6.04. The molecule has 0 radical (unpaired) electrons. The summed E-state index contributed by atoms with van der Waals surface area (Å²) in [6.45, 7) is 4.08. The molecule has 1 aromatic rings.